The van der Waals surface area contributed by atoms with Crippen molar-refractivity contribution in [2.24, 2.45) is 0 Å². The molecule has 1 aromatic carbocycles. The van der Waals surface area contributed by atoms with Crippen molar-refractivity contribution in [2.75, 3.05) is 0 Å². The molecular weight excluding hydrogens is 459 g/mol. The number of hydrogen-bond donors (Lipinski definition) is 0. The Bertz CT molecular complexity index is 1450. The molecular formula is C25H21FN2O5S. The zero-order valence-electron chi connectivity index (χ0n) is 18.5. The second kappa shape index (κ2) is 9.00. The Kier molecular flexibility index (Phi) is 5.89. The van der Waals surface area contributed by atoms with E-state index in [2.05, 4.69) is 4.98 Å². The van der Waals surface area contributed by atoms with Crippen molar-refractivity contribution in [3.8, 4) is 5.75 Å². The van der Waals surface area contributed by atoms with Gasteiger partial charge in [0.25, 0.3) is 0 Å². The van der Waals surface area contributed by atoms with Crippen LogP contribution in [0.2, 0.25) is 0 Å². The number of aryl methyl sites for hydroxylation is 2. The Morgan fingerprint density at radius 2 is 2.18 bits per heavy atom. The first kappa shape index (κ1) is 22.2. The molecule has 0 saturated carbocycles. The molecule has 0 bridgehead atoms. The fourth-order valence-corrected chi connectivity index (χ4v) is 4.59. The maximum atomic E-state index is 14.2. The summed E-state index contributed by atoms with van der Waals surface area (Å²) in [5.74, 6) is -0.874. The van der Waals surface area contributed by atoms with Crippen molar-refractivity contribution in [3.05, 3.63) is 91.3 Å². The Hall–Kier alpha value is -3.56. The Morgan fingerprint density at radius 1 is 1.32 bits per heavy atom. The van der Waals surface area contributed by atoms with Gasteiger partial charge in [-0.2, -0.15) is 11.3 Å². The van der Waals surface area contributed by atoms with E-state index >= 15 is 0 Å². The third-order valence-corrected chi connectivity index (χ3v) is 6.32. The van der Waals surface area contributed by atoms with Crippen LogP contribution in [0.5, 0.6) is 5.75 Å². The minimum Gasteiger partial charge on any atom is -0.460 e. The molecule has 0 fully saturated rings. The number of benzene rings is 1. The average Bonchev–Trinajstić information content (AvgIpc) is 3.37. The van der Waals surface area contributed by atoms with E-state index in [1.165, 1.54) is 29.7 Å². The van der Waals surface area contributed by atoms with Gasteiger partial charge in [-0.1, -0.05) is 0 Å². The fourth-order valence-electron chi connectivity index (χ4n) is 3.92. The highest BCUT2D eigenvalue weighted by molar-refractivity contribution is 7.07. The summed E-state index contributed by atoms with van der Waals surface area (Å²) in [5.41, 5.74) is 2.45. The predicted octanol–water partition coefficient (Wildman–Crippen LogP) is 4.89. The number of fused-ring (bicyclic) bond motifs is 2. The van der Waals surface area contributed by atoms with Crippen LogP contribution < -0.4 is 10.2 Å². The lowest BCUT2D eigenvalue weighted by atomic mass is 10.1. The number of ether oxygens (including phenoxy) is 3. The second-order valence-corrected chi connectivity index (χ2v) is 8.71. The molecule has 1 atom stereocenters. The summed E-state index contributed by atoms with van der Waals surface area (Å²) >= 11 is 1.51. The summed E-state index contributed by atoms with van der Waals surface area (Å²) < 4.78 is 33.1. The van der Waals surface area contributed by atoms with Gasteiger partial charge in [0.15, 0.2) is 0 Å². The van der Waals surface area contributed by atoms with E-state index in [-0.39, 0.29) is 18.8 Å². The van der Waals surface area contributed by atoms with Gasteiger partial charge in [0.1, 0.15) is 29.4 Å². The van der Waals surface area contributed by atoms with E-state index in [1.807, 2.05) is 30.7 Å². The molecule has 1 aliphatic rings. The summed E-state index contributed by atoms with van der Waals surface area (Å²) in [6.45, 7) is 4.15. The third kappa shape index (κ3) is 4.08. The number of carbonyl (C=O) groups is 1. The van der Waals surface area contributed by atoms with E-state index in [1.54, 1.807) is 16.7 Å². The van der Waals surface area contributed by atoms with Gasteiger partial charge in [-0.15, -0.1) is 0 Å². The predicted molar refractivity (Wildman–Crippen MR) is 124 cm³/mol. The smallest absolute Gasteiger partial charge is 0.344 e. The topological polar surface area (TPSA) is 79.6 Å². The molecule has 0 amide bonds. The number of aromatic nitrogens is 2. The Labute approximate surface area is 198 Å². The van der Waals surface area contributed by atoms with E-state index in [9.17, 15) is 14.0 Å². The first-order chi connectivity index (χ1) is 16.4. The van der Waals surface area contributed by atoms with Crippen LogP contribution in [0.1, 0.15) is 46.0 Å². The number of halogens is 1. The molecule has 0 unspecified atom stereocenters. The van der Waals surface area contributed by atoms with Crippen LogP contribution in [0.3, 0.4) is 0 Å². The molecule has 4 aromatic rings. The van der Waals surface area contributed by atoms with Gasteiger partial charge in [-0.3, -0.25) is 4.79 Å². The number of nitrogens with zero attached hydrogens (tertiary/aromatic N) is 2. The highest BCUT2D eigenvalue weighted by atomic mass is 32.1. The second-order valence-electron chi connectivity index (χ2n) is 7.93. The molecule has 9 heteroatoms. The van der Waals surface area contributed by atoms with Crippen molar-refractivity contribution in [1.82, 2.24) is 9.55 Å². The highest BCUT2D eigenvalue weighted by Gasteiger charge is 2.26. The van der Waals surface area contributed by atoms with E-state index in [0.29, 0.717) is 34.5 Å². The number of pyridine rings is 2. The van der Waals surface area contributed by atoms with Crippen molar-refractivity contribution in [2.45, 2.75) is 39.9 Å². The Balaban J connectivity index is 1.43. The minimum absolute atomic E-state index is 0.106. The number of rotatable bonds is 5. The minimum atomic E-state index is -0.797. The highest BCUT2D eigenvalue weighted by Crippen LogP contribution is 2.37. The molecule has 0 N–H and O–H groups in total. The largest absolute Gasteiger partial charge is 0.460 e. The number of carbonyl (C=O) groups excluding carboxylic acids is 1. The first-order valence-electron chi connectivity index (χ1n) is 10.7. The fraction of sp³-hybridized carbons (Fsp3) is 0.240. The van der Waals surface area contributed by atoms with Crippen molar-refractivity contribution in [1.29, 1.82) is 0 Å². The van der Waals surface area contributed by atoms with Gasteiger partial charge in [0.05, 0.1) is 12.0 Å². The maximum Gasteiger partial charge on any atom is 0.344 e. The van der Waals surface area contributed by atoms with Crippen LogP contribution in [0.25, 0.3) is 11.0 Å². The van der Waals surface area contributed by atoms with Crippen LogP contribution in [-0.2, 0) is 29.2 Å². The summed E-state index contributed by atoms with van der Waals surface area (Å²) in [6.07, 6.45) is 0.823. The lowest BCUT2D eigenvalue weighted by Crippen LogP contribution is -2.22. The lowest BCUT2D eigenvalue weighted by Gasteiger charge is -2.27. The quantitative estimate of drug-likeness (QED) is 0.379. The number of esters is 1. The van der Waals surface area contributed by atoms with Gasteiger partial charge in [0, 0.05) is 40.5 Å². The van der Waals surface area contributed by atoms with Crippen LogP contribution in [-0.4, -0.2) is 15.5 Å². The van der Waals surface area contributed by atoms with Gasteiger partial charge >= 0.3 is 5.97 Å². The van der Waals surface area contributed by atoms with Crippen molar-refractivity contribution >= 4 is 28.3 Å². The molecule has 5 rings (SSSR count). The van der Waals surface area contributed by atoms with E-state index < -0.39 is 23.5 Å². The SMILES string of the molecule is CCn1cc(C(=O)OCc2cc(F)cc3c2O[C@H](c2ccsc2)OC3)c(=O)c2ccc(C)nc21. The molecule has 0 saturated heterocycles. The van der Waals surface area contributed by atoms with Gasteiger partial charge < -0.3 is 18.8 Å². The molecule has 0 spiro atoms. The molecule has 1 aliphatic heterocycles. The van der Waals surface area contributed by atoms with Crippen molar-refractivity contribution in [3.63, 3.8) is 0 Å². The number of thiophene rings is 1. The molecule has 4 heterocycles. The molecule has 3 aromatic heterocycles. The van der Waals surface area contributed by atoms with Crippen LogP contribution >= 0.6 is 11.3 Å². The van der Waals surface area contributed by atoms with Gasteiger partial charge in [0.2, 0.25) is 11.7 Å². The van der Waals surface area contributed by atoms with Gasteiger partial charge in [-0.05, 0) is 49.6 Å². The maximum absolute atomic E-state index is 14.2. The standard InChI is InChI=1S/C25H21FN2O5S/c1-3-28-10-20(21(29)19-5-4-14(2)27-23(19)28)24(30)31-11-16-8-18(26)9-17-12-32-25(33-22(16)17)15-6-7-34-13-15/h4-10,13,25H,3,11-12H2,1-2H3/t25-/m1/s1. The summed E-state index contributed by atoms with van der Waals surface area (Å²) in [7, 11) is 0. The van der Waals surface area contributed by atoms with Crippen molar-refractivity contribution < 1.29 is 23.4 Å². The average molecular weight is 481 g/mol. The monoisotopic (exact) mass is 480 g/mol. The molecule has 7 nitrogen and oxygen atoms in total. The lowest BCUT2D eigenvalue weighted by molar-refractivity contribution is -0.112. The molecule has 174 valence electrons. The summed E-state index contributed by atoms with van der Waals surface area (Å²) in [6, 6.07) is 7.87. The normalized spacial score (nSPS) is 15.1. The number of hydrogen-bond acceptors (Lipinski definition) is 7. The first-order valence-corrected chi connectivity index (χ1v) is 11.7. The van der Waals surface area contributed by atoms with Gasteiger partial charge in [-0.25, -0.2) is 14.2 Å². The van der Waals surface area contributed by atoms with Crippen LogP contribution in [0.15, 0.2) is 52.1 Å². The van der Waals surface area contributed by atoms with Crippen LogP contribution in [0.4, 0.5) is 4.39 Å². The van der Waals surface area contributed by atoms with Crippen LogP contribution in [0, 0.1) is 12.7 Å². The summed E-state index contributed by atoms with van der Waals surface area (Å²) in [4.78, 5) is 30.3. The van der Waals surface area contributed by atoms with E-state index in [0.717, 1.165) is 11.3 Å². The summed E-state index contributed by atoms with van der Waals surface area (Å²) in [5, 5.41) is 4.16. The zero-order chi connectivity index (χ0) is 23.8. The molecule has 0 aliphatic carbocycles. The molecule has 0 radical (unpaired) electrons. The Morgan fingerprint density at radius 3 is 2.94 bits per heavy atom. The molecule has 34 heavy (non-hydrogen) atoms. The zero-order valence-corrected chi connectivity index (χ0v) is 19.4. The van der Waals surface area contributed by atoms with E-state index in [4.69, 9.17) is 14.2 Å². The third-order valence-electron chi connectivity index (χ3n) is 5.62.